The zero-order valence-electron chi connectivity index (χ0n) is 20.3. The molecule has 2 amide bonds. The van der Waals surface area contributed by atoms with Crippen LogP contribution in [0, 0.1) is 5.92 Å². The van der Waals surface area contributed by atoms with Crippen LogP contribution in [0.4, 0.5) is 4.79 Å². The first-order chi connectivity index (χ1) is 14.7. The van der Waals surface area contributed by atoms with E-state index >= 15 is 0 Å². The first-order valence-electron chi connectivity index (χ1n) is 11.6. The van der Waals surface area contributed by atoms with E-state index in [0.29, 0.717) is 31.4 Å². The molecule has 32 heavy (non-hydrogen) atoms. The molecule has 0 radical (unpaired) electrons. The largest absolute Gasteiger partial charge is 0.481 e. The van der Waals surface area contributed by atoms with Gasteiger partial charge in [0, 0.05) is 12.2 Å². The number of thioether (sulfide) groups is 1. The van der Waals surface area contributed by atoms with Crippen LogP contribution in [0.1, 0.15) is 86.5 Å². The van der Waals surface area contributed by atoms with Crippen LogP contribution < -0.4 is 5.73 Å². The second-order valence-electron chi connectivity index (χ2n) is 10.4. The van der Waals surface area contributed by atoms with Crippen molar-refractivity contribution >= 4 is 29.7 Å². The molecular formula is C23H40N2O6S. The second-order valence-corrected chi connectivity index (χ2v) is 11.8. The van der Waals surface area contributed by atoms with Gasteiger partial charge in [0.05, 0.1) is 22.8 Å². The van der Waals surface area contributed by atoms with Crippen LogP contribution in [-0.2, 0) is 19.1 Å². The summed E-state index contributed by atoms with van der Waals surface area (Å²) < 4.78 is 11.5. The van der Waals surface area contributed by atoms with Gasteiger partial charge in [0.15, 0.2) is 0 Å². The summed E-state index contributed by atoms with van der Waals surface area (Å²) in [5, 5.41) is 10.2. The Morgan fingerprint density at radius 3 is 2.44 bits per heavy atom. The average Bonchev–Trinajstić information content (AvgIpc) is 3.09. The fourth-order valence-corrected chi connectivity index (χ4v) is 6.81. The molecule has 2 fully saturated rings. The van der Waals surface area contributed by atoms with Crippen LogP contribution in [0.5, 0.6) is 0 Å². The Labute approximate surface area is 195 Å². The molecule has 0 spiro atoms. The van der Waals surface area contributed by atoms with E-state index in [0.717, 1.165) is 12.8 Å². The van der Waals surface area contributed by atoms with Gasteiger partial charge >= 0.3 is 12.1 Å². The van der Waals surface area contributed by atoms with Crippen molar-refractivity contribution in [2.45, 2.75) is 115 Å². The van der Waals surface area contributed by atoms with E-state index in [4.69, 9.17) is 15.2 Å². The molecule has 1 unspecified atom stereocenters. The number of ether oxygens (including phenoxy) is 2. The number of nitrogens with two attached hydrogens (primary N) is 1. The van der Waals surface area contributed by atoms with E-state index in [1.54, 1.807) is 16.7 Å². The number of fused-ring (bicyclic) bond motifs is 1. The third-order valence-electron chi connectivity index (χ3n) is 6.25. The first kappa shape index (κ1) is 26.8. The van der Waals surface area contributed by atoms with Gasteiger partial charge in [-0.05, 0) is 53.9 Å². The minimum Gasteiger partial charge on any atom is -0.481 e. The number of hydrogen-bond donors (Lipinski definition) is 2. The van der Waals surface area contributed by atoms with Crippen molar-refractivity contribution in [2.24, 2.45) is 11.7 Å². The minimum atomic E-state index is -0.912. The predicted octanol–water partition coefficient (Wildman–Crippen LogP) is 4.15. The quantitative estimate of drug-likeness (QED) is 0.458. The molecule has 0 aromatic rings. The zero-order chi connectivity index (χ0) is 24.3. The summed E-state index contributed by atoms with van der Waals surface area (Å²) in [5.74, 6) is -1.21. The Bertz CT molecular complexity index is 707. The van der Waals surface area contributed by atoms with E-state index in [-0.39, 0.29) is 18.4 Å². The first-order valence-corrected chi connectivity index (χ1v) is 12.6. The van der Waals surface area contributed by atoms with E-state index in [2.05, 4.69) is 0 Å². The molecule has 9 heteroatoms. The summed E-state index contributed by atoms with van der Waals surface area (Å²) in [6.45, 7) is 11.2. The number of nitrogens with zero attached hydrogens (tertiary/aromatic N) is 1. The Morgan fingerprint density at radius 1 is 1.25 bits per heavy atom. The molecule has 0 aliphatic carbocycles. The fourth-order valence-electron chi connectivity index (χ4n) is 4.93. The molecular weight excluding hydrogens is 432 g/mol. The number of unbranched alkanes of at least 4 members (excludes halogenated alkanes) is 2. The number of hydrogen-bond acceptors (Lipinski definition) is 6. The summed E-state index contributed by atoms with van der Waals surface area (Å²) in [5.41, 5.74) is 3.74. The zero-order valence-corrected chi connectivity index (χ0v) is 21.1. The highest BCUT2D eigenvalue weighted by Crippen LogP contribution is 2.56. The summed E-state index contributed by atoms with van der Waals surface area (Å²) in [7, 11) is 0. The van der Waals surface area contributed by atoms with Crippen molar-refractivity contribution in [3.05, 3.63) is 0 Å². The molecule has 0 saturated carbocycles. The molecule has 0 aromatic carbocycles. The molecule has 4 atom stereocenters. The molecule has 2 saturated heterocycles. The monoisotopic (exact) mass is 472 g/mol. The molecule has 2 rings (SSSR count). The maximum absolute atomic E-state index is 13.1. The molecule has 2 aliphatic rings. The van der Waals surface area contributed by atoms with Gasteiger partial charge in [0.25, 0.3) is 0 Å². The second kappa shape index (κ2) is 10.2. The fraction of sp³-hybridized carbons (Fsp3) is 0.870. The van der Waals surface area contributed by atoms with E-state index < -0.39 is 40.2 Å². The van der Waals surface area contributed by atoms with Crippen LogP contribution in [-0.4, -0.2) is 61.9 Å². The van der Waals surface area contributed by atoms with Gasteiger partial charge in [-0.15, -0.1) is 11.8 Å². The smallest absolute Gasteiger partial charge is 0.412 e. The SMILES string of the molecule is CCCCC(C(=O)O)[C@]1(CCCCC(N)=O)SC[C@H]2[C@@H]1OC(C)(C)N2C(=O)OC(C)(C)C. The highest BCUT2D eigenvalue weighted by molar-refractivity contribution is 8.01. The lowest BCUT2D eigenvalue weighted by Crippen LogP contribution is -2.51. The maximum atomic E-state index is 13.1. The lowest BCUT2D eigenvalue weighted by molar-refractivity contribution is -0.147. The Morgan fingerprint density at radius 2 is 1.91 bits per heavy atom. The van der Waals surface area contributed by atoms with E-state index in [1.807, 2.05) is 41.5 Å². The van der Waals surface area contributed by atoms with E-state index in [1.165, 1.54) is 0 Å². The van der Waals surface area contributed by atoms with Crippen LogP contribution in [0.15, 0.2) is 0 Å². The lowest BCUT2D eigenvalue weighted by atomic mass is 9.78. The van der Waals surface area contributed by atoms with Crippen LogP contribution in [0.3, 0.4) is 0 Å². The lowest BCUT2D eigenvalue weighted by Gasteiger charge is -2.39. The number of primary amides is 1. The van der Waals surface area contributed by atoms with Crippen molar-refractivity contribution in [3.8, 4) is 0 Å². The highest BCUT2D eigenvalue weighted by Gasteiger charge is 2.65. The van der Waals surface area contributed by atoms with Gasteiger partial charge in [0.2, 0.25) is 5.91 Å². The summed E-state index contributed by atoms with van der Waals surface area (Å²) in [4.78, 5) is 38.4. The van der Waals surface area contributed by atoms with Crippen molar-refractivity contribution < 1.29 is 29.0 Å². The summed E-state index contributed by atoms with van der Waals surface area (Å²) >= 11 is 1.60. The highest BCUT2D eigenvalue weighted by atomic mass is 32.2. The number of carbonyl (C=O) groups is 3. The average molecular weight is 473 g/mol. The normalized spacial score (nSPS) is 27.8. The van der Waals surface area contributed by atoms with Gasteiger partial charge in [0.1, 0.15) is 11.3 Å². The Hall–Kier alpha value is -1.48. The number of carboxylic acid groups (broad SMARTS) is 1. The van der Waals surface area contributed by atoms with Crippen molar-refractivity contribution in [1.82, 2.24) is 4.90 Å². The Kier molecular flexibility index (Phi) is 8.53. The standard InChI is InChI=1S/C23H40N2O6S/c1-7-8-11-15(19(27)28)23(13-10-9-12-17(24)26)18-16(14-32-23)25(22(5,6)30-18)20(29)31-21(2,3)4/h15-16,18H,7-14H2,1-6H3,(H2,24,26)(H,27,28)/t15?,16-,18-,23-/m0/s1. The van der Waals surface area contributed by atoms with Crippen LogP contribution in [0.25, 0.3) is 0 Å². The summed E-state index contributed by atoms with van der Waals surface area (Å²) in [6.07, 6.45) is 3.52. The van der Waals surface area contributed by atoms with Gasteiger partial charge in [-0.25, -0.2) is 4.79 Å². The maximum Gasteiger partial charge on any atom is 0.412 e. The number of carboxylic acids is 1. The topological polar surface area (TPSA) is 119 Å². The van der Waals surface area contributed by atoms with Gasteiger partial charge < -0.3 is 20.3 Å². The van der Waals surface area contributed by atoms with Crippen LogP contribution >= 0.6 is 11.8 Å². The van der Waals surface area contributed by atoms with Gasteiger partial charge in [-0.1, -0.05) is 26.2 Å². The third-order valence-corrected chi connectivity index (χ3v) is 8.01. The van der Waals surface area contributed by atoms with Crippen molar-refractivity contribution in [1.29, 1.82) is 0 Å². The molecule has 0 bridgehead atoms. The number of rotatable bonds is 10. The molecule has 0 aromatic heterocycles. The summed E-state index contributed by atoms with van der Waals surface area (Å²) in [6, 6.07) is -0.274. The van der Waals surface area contributed by atoms with Gasteiger partial charge in [-0.3, -0.25) is 14.5 Å². The number of amides is 2. The number of aliphatic carboxylic acids is 1. The van der Waals surface area contributed by atoms with Crippen molar-refractivity contribution in [3.63, 3.8) is 0 Å². The van der Waals surface area contributed by atoms with Crippen LogP contribution in [0.2, 0.25) is 0 Å². The molecule has 3 N–H and O–H groups in total. The minimum absolute atomic E-state index is 0.274. The predicted molar refractivity (Wildman–Crippen MR) is 124 cm³/mol. The molecule has 184 valence electrons. The molecule has 2 aliphatic heterocycles. The molecule has 2 heterocycles. The third kappa shape index (κ3) is 5.90. The Balaban J connectivity index is 2.37. The van der Waals surface area contributed by atoms with Crippen molar-refractivity contribution in [2.75, 3.05) is 5.75 Å². The van der Waals surface area contributed by atoms with E-state index in [9.17, 15) is 19.5 Å². The molecule has 8 nitrogen and oxygen atoms in total. The number of carbonyl (C=O) groups excluding carboxylic acids is 2. The van der Waals surface area contributed by atoms with Gasteiger partial charge in [-0.2, -0.15) is 0 Å².